The van der Waals surface area contributed by atoms with Gasteiger partial charge >= 0.3 is 0 Å². The van der Waals surface area contributed by atoms with E-state index in [1.54, 1.807) is 0 Å². The van der Waals surface area contributed by atoms with Crippen LogP contribution in [0.25, 0.3) is 16.5 Å². The van der Waals surface area contributed by atoms with Crippen LogP contribution in [0.3, 0.4) is 0 Å². The minimum Gasteiger partial charge on any atom is -0.266 e. The highest BCUT2D eigenvalue weighted by Crippen LogP contribution is 2.19. The van der Waals surface area contributed by atoms with E-state index in [1.165, 1.54) is 10.9 Å². The topological polar surface area (TPSA) is 34.9 Å². The van der Waals surface area contributed by atoms with Crippen molar-refractivity contribution in [2.75, 3.05) is 0 Å². The maximum Gasteiger partial charge on any atom is 0.291 e. The number of aromatic nitrogens is 2. The molecule has 0 amide bonds. The minimum absolute atomic E-state index is 0.0233. The van der Waals surface area contributed by atoms with E-state index in [2.05, 4.69) is 5.10 Å². The fourth-order valence-corrected chi connectivity index (χ4v) is 2.16. The fourth-order valence-electron chi connectivity index (χ4n) is 1.91. The van der Waals surface area contributed by atoms with Crippen molar-refractivity contribution in [3.8, 4) is 5.69 Å². The van der Waals surface area contributed by atoms with Crippen LogP contribution in [-0.4, -0.2) is 9.78 Å². The first-order chi connectivity index (χ1) is 9.16. The maximum absolute atomic E-state index is 12.0. The lowest BCUT2D eigenvalue weighted by atomic mass is 10.1. The molecule has 0 spiro atoms. The van der Waals surface area contributed by atoms with Gasteiger partial charge in [0, 0.05) is 0 Å². The first-order valence-electron chi connectivity index (χ1n) is 5.59. The number of rotatable bonds is 1. The molecular weight excluding hydrogens is 283 g/mol. The molecule has 3 rings (SSSR count). The SMILES string of the molecule is O=c1c(Cl)c(Cl)cnn1-c1ccc2ccccc2c1. The highest BCUT2D eigenvalue weighted by atomic mass is 35.5. The number of nitrogens with zero attached hydrogens (tertiary/aromatic N) is 2. The summed E-state index contributed by atoms with van der Waals surface area (Å²) in [5, 5.41) is 6.26. The summed E-state index contributed by atoms with van der Waals surface area (Å²) in [6.45, 7) is 0. The normalized spacial score (nSPS) is 10.8. The second kappa shape index (κ2) is 4.68. The largest absolute Gasteiger partial charge is 0.291 e. The third-order valence-corrected chi connectivity index (χ3v) is 3.60. The van der Waals surface area contributed by atoms with Gasteiger partial charge in [-0.3, -0.25) is 4.79 Å². The molecule has 1 aromatic heterocycles. The van der Waals surface area contributed by atoms with Crippen molar-refractivity contribution in [1.82, 2.24) is 9.78 Å². The van der Waals surface area contributed by atoms with E-state index in [0.717, 1.165) is 10.8 Å². The second-order valence-electron chi connectivity index (χ2n) is 4.05. The Kier molecular flexibility index (Phi) is 3.01. The number of benzene rings is 2. The molecule has 0 unspecified atom stereocenters. The molecule has 0 aliphatic rings. The van der Waals surface area contributed by atoms with Crippen LogP contribution in [0.2, 0.25) is 10.0 Å². The molecule has 5 heteroatoms. The zero-order valence-electron chi connectivity index (χ0n) is 9.68. The number of hydrogen-bond donors (Lipinski definition) is 0. The first-order valence-corrected chi connectivity index (χ1v) is 6.35. The number of halogens is 2. The van der Waals surface area contributed by atoms with Gasteiger partial charge in [-0.15, -0.1) is 0 Å². The molecule has 0 radical (unpaired) electrons. The van der Waals surface area contributed by atoms with Crippen molar-refractivity contribution < 1.29 is 0 Å². The summed E-state index contributed by atoms with van der Waals surface area (Å²) in [4.78, 5) is 12.0. The zero-order chi connectivity index (χ0) is 13.4. The van der Waals surface area contributed by atoms with Gasteiger partial charge in [-0.25, -0.2) is 0 Å². The Bertz CT molecular complexity index is 827. The van der Waals surface area contributed by atoms with Crippen molar-refractivity contribution >= 4 is 34.0 Å². The van der Waals surface area contributed by atoms with Crippen molar-refractivity contribution in [3.05, 3.63) is 69.1 Å². The van der Waals surface area contributed by atoms with Gasteiger partial charge in [0.05, 0.1) is 16.9 Å². The van der Waals surface area contributed by atoms with Gasteiger partial charge in [0.25, 0.3) is 5.56 Å². The standard InChI is InChI=1S/C14H8Cl2N2O/c15-12-8-17-18(14(19)13(12)16)11-6-5-9-3-1-2-4-10(9)7-11/h1-8H. The van der Waals surface area contributed by atoms with E-state index in [1.807, 2.05) is 42.5 Å². The summed E-state index contributed by atoms with van der Waals surface area (Å²) in [5.74, 6) is 0. The second-order valence-corrected chi connectivity index (χ2v) is 4.84. The van der Waals surface area contributed by atoms with Crippen LogP contribution in [0.15, 0.2) is 53.5 Å². The molecule has 1 heterocycles. The Morgan fingerprint density at radius 3 is 2.53 bits per heavy atom. The van der Waals surface area contributed by atoms with Crippen LogP contribution in [0.5, 0.6) is 0 Å². The third kappa shape index (κ3) is 2.11. The summed E-state index contributed by atoms with van der Waals surface area (Å²) < 4.78 is 1.24. The average Bonchev–Trinajstić information content (AvgIpc) is 2.44. The van der Waals surface area contributed by atoms with E-state index in [4.69, 9.17) is 23.2 Å². The minimum atomic E-state index is -0.426. The molecule has 0 aliphatic heterocycles. The molecule has 0 aliphatic carbocycles. The molecule has 0 atom stereocenters. The van der Waals surface area contributed by atoms with Crippen molar-refractivity contribution in [2.24, 2.45) is 0 Å². The summed E-state index contributed by atoms with van der Waals surface area (Å²) in [6, 6.07) is 13.5. The van der Waals surface area contributed by atoms with Crippen LogP contribution < -0.4 is 5.56 Å². The molecule has 0 saturated carbocycles. The molecule has 0 saturated heterocycles. The molecule has 0 fully saturated rings. The molecule has 0 N–H and O–H groups in total. The zero-order valence-corrected chi connectivity index (χ0v) is 11.2. The Labute approximate surface area is 119 Å². The lowest BCUT2D eigenvalue weighted by Gasteiger charge is -2.06. The van der Waals surface area contributed by atoms with E-state index in [-0.39, 0.29) is 10.0 Å². The van der Waals surface area contributed by atoms with Crippen molar-refractivity contribution in [2.45, 2.75) is 0 Å². The van der Waals surface area contributed by atoms with E-state index < -0.39 is 5.56 Å². The Hall–Kier alpha value is -1.84. The fraction of sp³-hybridized carbons (Fsp3) is 0. The van der Waals surface area contributed by atoms with Crippen molar-refractivity contribution in [1.29, 1.82) is 0 Å². The maximum atomic E-state index is 12.0. The molecular formula is C14H8Cl2N2O. The Morgan fingerprint density at radius 1 is 1.00 bits per heavy atom. The summed E-state index contributed by atoms with van der Waals surface area (Å²) in [7, 11) is 0. The quantitative estimate of drug-likeness (QED) is 0.685. The lowest BCUT2D eigenvalue weighted by Crippen LogP contribution is -2.21. The first kappa shape index (κ1) is 12.2. The van der Waals surface area contributed by atoms with Crippen molar-refractivity contribution in [3.63, 3.8) is 0 Å². The van der Waals surface area contributed by atoms with Gasteiger partial charge in [0.1, 0.15) is 5.02 Å². The average molecular weight is 291 g/mol. The van der Waals surface area contributed by atoms with Gasteiger partial charge in [0.15, 0.2) is 0 Å². The van der Waals surface area contributed by atoms with E-state index in [9.17, 15) is 4.79 Å². The van der Waals surface area contributed by atoms with Crippen LogP contribution in [-0.2, 0) is 0 Å². The van der Waals surface area contributed by atoms with Gasteiger partial charge in [-0.2, -0.15) is 9.78 Å². The van der Waals surface area contributed by atoms with Gasteiger partial charge in [-0.1, -0.05) is 53.5 Å². The number of hydrogen-bond acceptors (Lipinski definition) is 2. The summed E-state index contributed by atoms with van der Waals surface area (Å²) in [5.41, 5.74) is 0.228. The van der Waals surface area contributed by atoms with Crippen LogP contribution >= 0.6 is 23.2 Å². The van der Waals surface area contributed by atoms with E-state index >= 15 is 0 Å². The molecule has 19 heavy (non-hydrogen) atoms. The molecule has 0 bridgehead atoms. The number of fused-ring (bicyclic) bond motifs is 1. The third-order valence-electron chi connectivity index (χ3n) is 2.85. The predicted molar refractivity (Wildman–Crippen MR) is 77.4 cm³/mol. The highest BCUT2D eigenvalue weighted by molar-refractivity contribution is 6.41. The highest BCUT2D eigenvalue weighted by Gasteiger charge is 2.09. The Morgan fingerprint density at radius 2 is 1.74 bits per heavy atom. The van der Waals surface area contributed by atoms with Crippen LogP contribution in [0.4, 0.5) is 0 Å². The summed E-state index contributed by atoms with van der Waals surface area (Å²) in [6.07, 6.45) is 1.36. The molecule has 94 valence electrons. The molecule has 3 nitrogen and oxygen atoms in total. The van der Waals surface area contributed by atoms with Crippen LogP contribution in [0.1, 0.15) is 0 Å². The van der Waals surface area contributed by atoms with Crippen LogP contribution in [0, 0.1) is 0 Å². The Balaban J connectivity index is 2.25. The monoisotopic (exact) mass is 290 g/mol. The predicted octanol–water partition coefficient (Wildman–Crippen LogP) is 3.69. The van der Waals surface area contributed by atoms with Gasteiger partial charge in [0.2, 0.25) is 0 Å². The lowest BCUT2D eigenvalue weighted by molar-refractivity contribution is 0.808. The molecule has 3 aromatic rings. The van der Waals surface area contributed by atoms with Gasteiger partial charge in [-0.05, 0) is 22.9 Å². The molecule has 2 aromatic carbocycles. The van der Waals surface area contributed by atoms with Gasteiger partial charge < -0.3 is 0 Å². The van der Waals surface area contributed by atoms with E-state index in [0.29, 0.717) is 5.69 Å². The smallest absolute Gasteiger partial charge is 0.266 e. The summed E-state index contributed by atoms with van der Waals surface area (Å²) >= 11 is 11.6.